The second kappa shape index (κ2) is 8.67. The maximum Gasteiger partial charge on any atom is 0.411 e. The van der Waals surface area contributed by atoms with E-state index in [2.05, 4.69) is 10.0 Å². The highest BCUT2D eigenvalue weighted by Gasteiger charge is 2.24. The number of carbonyl (C=O) groups excluding carboxylic acids is 1. The van der Waals surface area contributed by atoms with Crippen LogP contribution < -0.4 is 10.0 Å². The van der Waals surface area contributed by atoms with Crippen LogP contribution in [0.1, 0.15) is 0 Å². The van der Waals surface area contributed by atoms with E-state index >= 15 is 0 Å². The number of hydrogen-bond donors (Lipinski definition) is 2. The van der Waals surface area contributed by atoms with Crippen molar-refractivity contribution in [1.82, 2.24) is 4.72 Å². The SMILES string of the molecule is O=C(Nc1cccc2ccccc12)OCCNS(=O)(=O)c1ccccc1[N+](=O)[O-]. The summed E-state index contributed by atoms with van der Waals surface area (Å²) in [6.45, 7) is -0.492. The van der Waals surface area contributed by atoms with Crippen LogP contribution in [0.5, 0.6) is 0 Å². The van der Waals surface area contributed by atoms with E-state index in [1.165, 1.54) is 12.1 Å². The number of fused-ring (bicyclic) bond motifs is 1. The van der Waals surface area contributed by atoms with E-state index in [0.29, 0.717) is 5.69 Å². The number of benzene rings is 3. The Kier molecular flexibility index (Phi) is 6.05. The lowest BCUT2D eigenvalue weighted by Crippen LogP contribution is -2.29. The van der Waals surface area contributed by atoms with Crippen LogP contribution in [0.2, 0.25) is 0 Å². The van der Waals surface area contributed by atoms with E-state index in [-0.39, 0.29) is 13.2 Å². The molecule has 150 valence electrons. The van der Waals surface area contributed by atoms with Crippen molar-refractivity contribution in [3.8, 4) is 0 Å². The highest BCUT2D eigenvalue weighted by atomic mass is 32.2. The van der Waals surface area contributed by atoms with Gasteiger partial charge in [-0.25, -0.2) is 17.9 Å². The average Bonchev–Trinajstić information content (AvgIpc) is 2.71. The van der Waals surface area contributed by atoms with Gasteiger partial charge in [0, 0.05) is 18.0 Å². The second-order valence-electron chi connectivity index (χ2n) is 5.91. The molecule has 3 aromatic rings. The summed E-state index contributed by atoms with van der Waals surface area (Å²) in [7, 11) is -4.12. The van der Waals surface area contributed by atoms with E-state index in [0.717, 1.165) is 22.9 Å². The van der Waals surface area contributed by atoms with Crippen molar-refractivity contribution in [2.75, 3.05) is 18.5 Å². The molecule has 0 radical (unpaired) electrons. The molecular formula is C19H17N3O6S. The fourth-order valence-electron chi connectivity index (χ4n) is 2.71. The largest absolute Gasteiger partial charge is 0.448 e. The minimum absolute atomic E-state index is 0.239. The van der Waals surface area contributed by atoms with Gasteiger partial charge in [-0.2, -0.15) is 0 Å². The highest BCUT2D eigenvalue weighted by molar-refractivity contribution is 7.89. The van der Waals surface area contributed by atoms with Gasteiger partial charge in [0.05, 0.1) is 10.6 Å². The Morgan fingerprint density at radius 3 is 2.48 bits per heavy atom. The maximum absolute atomic E-state index is 12.3. The first-order chi connectivity index (χ1) is 13.9. The third-order valence-electron chi connectivity index (χ3n) is 4.01. The summed E-state index contributed by atoms with van der Waals surface area (Å²) in [4.78, 5) is 21.8. The number of rotatable bonds is 7. The monoisotopic (exact) mass is 415 g/mol. The number of nitrogens with one attached hydrogen (secondary N) is 2. The summed E-state index contributed by atoms with van der Waals surface area (Å²) in [5.41, 5.74) is 0.0307. The molecule has 0 aromatic heterocycles. The predicted molar refractivity (Wildman–Crippen MR) is 107 cm³/mol. The topological polar surface area (TPSA) is 128 Å². The molecule has 0 fully saturated rings. The van der Waals surface area contributed by atoms with Crippen LogP contribution in [0.25, 0.3) is 10.8 Å². The normalized spacial score (nSPS) is 11.2. The number of hydrogen-bond acceptors (Lipinski definition) is 6. The van der Waals surface area contributed by atoms with Crippen molar-refractivity contribution < 1.29 is 22.9 Å². The second-order valence-corrected chi connectivity index (χ2v) is 7.65. The first-order valence-electron chi connectivity index (χ1n) is 8.53. The first-order valence-corrected chi connectivity index (χ1v) is 10.0. The fraction of sp³-hybridized carbons (Fsp3) is 0.105. The van der Waals surface area contributed by atoms with E-state index in [4.69, 9.17) is 4.74 Å². The summed E-state index contributed by atoms with van der Waals surface area (Å²) in [5.74, 6) is 0. The number of carbonyl (C=O) groups is 1. The Morgan fingerprint density at radius 2 is 1.69 bits per heavy atom. The number of amides is 1. The number of ether oxygens (including phenoxy) is 1. The molecule has 0 unspecified atom stereocenters. The average molecular weight is 415 g/mol. The number of nitro groups is 1. The molecular weight excluding hydrogens is 398 g/mol. The lowest BCUT2D eigenvalue weighted by atomic mass is 10.1. The number of anilines is 1. The standard InChI is InChI=1S/C19H17N3O6S/c23-19(21-16-9-5-7-14-6-1-2-8-15(14)16)28-13-12-20-29(26,27)18-11-4-3-10-17(18)22(24)25/h1-11,20H,12-13H2,(H,21,23). The molecule has 1 amide bonds. The molecule has 0 aliphatic rings. The molecule has 10 heteroatoms. The Bertz CT molecular complexity index is 1160. The van der Waals surface area contributed by atoms with E-state index in [1.54, 1.807) is 12.1 Å². The highest BCUT2D eigenvalue weighted by Crippen LogP contribution is 2.23. The Morgan fingerprint density at radius 1 is 1.00 bits per heavy atom. The lowest BCUT2D eigenvalue weighted by Gasteiger charge is -2.10. The van der Waals surface area contributed by atoms with Gasteiger partial charge in [0.15, 0.2) is 4.90 Å². The van der Waals surface area contributed by atoms with Crippen molar-refractivity contribution in [2.24, 2.45) is 0 Å². The van der Waals surface area contributed by atoms with Gasteiger partial charge < -0.3 is 4.74 Å². The van der Waals surface area contributed by atoms with Crippen molar-refractivity contribution >= 4 is 38.3 Å². The third kappa shape index (κ3) is 4.86. The zero-order chi connectivity index (χ0) is 20.9. The van der Waals surface area contributed by atoms with Gasteiger partial charge in [0.2, 0.25) is 10.0 Å². The predicted octanol–water partition coefficient (Wildman–Crippen LogP) is 3.28. The van der Waals surface area contributed by atoms with Crippen molar-refractivity contribution in [1.29, 1.82) is 0 Å². The van der Waals surface area contributed by atoms with Crippen LogP contribution in [0.4, 0.5) is 16.2 Å². The Hall–Kier alpha value is -3.50. The number of nitro benzene ring substituents is 1. The minimum atomic E-state index is -4.12. The Balaban J connectivity index is 1.56. The van der Waals surface area contributed by atoms with Gasteiger partial charge in [-0.3, -0.25) is 15.4 Å². The van der Waals surface area contributed by atoms with Crippen LogP contribution in [0, 0.1) is 10.1 Å². The molecule has 0 atom stereocenters. The van der Waals surface area contributed by atoms with Crippen molar-refractivity contribution in [3.63, 3.8) is 0 Å². The summed E-state index contributed by atoms with van der Waals surface area (Å²) in [5, 5.41) is 15.4. The van der Waals surface area contributed by atoms with Crippen LogP contribution in [-0.4, -0.2) is 32.6 Å². The van der Waals surface area contributed by atoms with Crippen molar-refractivity contribution in [3.05, 3.63) is 76.8 Å². The smallest absolute Gasteiger partial charge is 0.411 e. The molecule has 0 heterocycles. The maximum atomic E-state index is 12.3. The molecule has 2 N–H and O–H groups in total. The van der Waals surface area contributed by atoms with Gasteiger partial charge in [-0.05, 0) is 17.5 Å². The van der Waals surface area contributed by atoms with E-state index < -0.39 is 31.6 Å². The van der Waals surface area contributed by atoms with E-state index in [1.807, 2.05) is 30.3 Å². The van der Waals surface area contributed by atoms with Gasteiger partial charge in [-0.15, -0.1) is 0 Å². The summed E-state index contributed by atoms with van der Waals surface area (Å²) in [6, 6.07) is 17.9. The molecule has 0 spiro atoms. The summed E-state index contributed by atoms with van der Waals surface area (Å²) < 4.78 is 31.7. The Labute approximate surface area is 166 Å². The van der Waals surface area contributed by atoms with Crippen LogP contribution in [0.15, 0.2) is 71.6 Å². The summed E-state index contributed by atoms with van der Waals surface area (Å²) >= 11 is 0. The number of nitrogens with zero attached hydrogens (tertiary/aromatic N) is 1. The molecule has 0 bridgehead atoms. The molecule has 0 aliphatic heterocycles. The molecule has 0 saturated carbocycles. The number of para-hydroxylation sites is 1. The summed E-state index contributed by atoms with van der Waals surface area (Å²) in [6.07, 6.45) is -0.744. The minimum Gasteiger partial charge on any atom is -0.448 e. The molecule has 0 saturated heterocycles. The molecule has 3 rings (SSSR count). The van der Waals surface area contributed by atoms with E-state index in [9.17, 15) is 23.3 Å². The zero-order valence-corrected chi connectivity index (χ0v) is 15.9. The molecule has 0 aliphatic carbocycles. The quantitative estimate of drug-likeness (QED) is 0.346. The molecule has 9 nitrogen and oxygen atoms in total. The lowest BCUT2D eigenvalue weighted by molar-refractivity contribution is -0.387. The molecule has 3 aromatic carbocycles. The van der Waals surface area contributed by atoms with Gasteiger partial charge >= 0.3 is 6.09 Å². The van der Waals surface area contributed by atoms with Crippen LogP contribution >= 0.6 is 0 Å². The van der Waals surface area contributed by atoms with Crippen LogP contribution in [0.3, 0.4) is 0 Å². The van der Waals surface area contributed by atoms with Gasteiger partial charge in [-0.1, -0.05) is 48.5 Å². The third-order valence-corrected chi connectivity index (χ3v) is 5.51. The van der Waals surface area contributed by atoms with Gasteiger partial charge in [0.25, 0.3) is 5.69 Å². The fourth-order valence-corrected chi connectivity index (χ4v) is 3.90. The van der Waals surface area contributed by atoms with Crippen molar-refractivity contribution in [2.45, 2.75) is 4.90 Å². The van der Waals surface area contributed by atoms with Gasteiger partial charge in [0.1, 0.15) is 6.61 Å². The molecule has 29 heavy (non-hydrogen) atoms. The zero-order valence-electron chi connectivity index (χ0n) is 15.1. The first kappa shape index (κ1) is 20.2. The number of sulfonamides is 1. The van der Waals surface area contributed by atoms with Crippen LogP contribution in [-0.2, 0) is 14.8 Å².